The van der Waals surface area contributed by atoms with Crippen LogP contribution in [-0.4, -0.2) is 23.5 Å². The normalized spacial score (nSPS) is 25.1. The minimum atomic E-state index is -1.04. The lowest BCUT2D eigenvalue weighted by molar-refractivity contribution is -0.119. The number of ether oxygens (including phenoxy) is 1. The number of halogens is 1. The molecule has 1 aromatic rings. The Morgan fingerprint density at radius 2 is 2.22 bits per heavy atom. The fourth-order valence-corrected chi connectivity index (χ4v) is 3.06. The van der Waals surface area contributed by atoms with Gasteiger partial charge in [0.25, 0.3) is 0 Å². The molecule has 23 heavy (non-hydrogen) atoms. The third-order valence-corrected chi connectivity index (χ3v) is 4.47. The van der Waals surface area contributed by atoms with E-state index in [1.165, 1.54) is 6.92 Å². The number of benzene rings is 1. The van der Waals surface area contributed by atoms with Crippen LogP contribution in [0.5, 0.6) is 0 Å². The molecule has 0 fully saturated rings. The fraction of sp³-hybridized carbons (Fsp3) is 0.444. The van der Waals surface area contributed by atoms with E-state index in [0.29, 0.717) is 19.4 Å². The minimum Gasteiger partial charge on any atom is -0.371 e. The van der Waals surface area contributed by atoms with Gasteiger partial charge in [-0.15, -0.1) is 0 Å². The van der Waals surface area contributed by atoms with Gasteiger partial charge >= 0.3 is 0 Å². The number of nitrogens with one attached hydrogen (secondary N) is 1. The predicted molar refractivity (Wildman–Crippen MR) is 89.9 cm³/mol. The number of carbonyl (C=O) groups excluding carboxylic acids is 1. The monoisotopic (exact) mass is 332 g/mol. The molecule has 1 N–H and O–H groups in total. The molecule has 0 aliphatic heterocycles. The Morgan fingerprint density at radius 1 is 1.52 bits per heavy atom. The molecule has 1 aromatic carbocycles. The molecule has 0 bridgehead atoms. The first-order valence-corrected chi connectivity index (χ1v) is 8.12. The maximum Gasteiger partial charge on any atom is 0.217 e. The maximum atomic E-state index is 11.6. The summed E-state index contributed by atoms with van der Waals surface area (Å²) >= 11 is 6.41. The van der Waals surface area contributed by atoms with Crippen molar-refractivity contribution < 1.29 is 9.53 Å². The van der Waals surface area contributed by atoms with Gasteiger partial charge in [-0.05, 0) is 30.9 Å². The SMILES string of the molecule is CCO[C@@H]1C=C([C@@H](NC(C)=O)c2ccccc2)CC[C@]1(Cl)C#N. The molecule has 0 spiro atoms. The van der Waals surface area contributed by atoms with Gasteiger partial charge in [0.15, 0.2) is 4.87 Å². The van der Waals surface area contributed by atoms with Gasteiger partial charge < -0.3 is 10.1 Å². The van der Waals surface area contributed by atoms with E-state index in [0.717, 1.165) is 11.1 Å². The van der Waals surface area contributed by atoms with Gasteiger partial charge in [-0.3, -0.25) is 4.79 Å². The number of hydrogen-bond donors (Lipinski definition) is 1. The molecule has 1 aliphatic carbocycles. The molecule has 4 nitrogen and oxygen atoms in total. The fourth-order valence-electron chi connectivity index (χ4n) is 2.84. The van der Waals surface area contributed by atoms with Crippen molar-refractivity contribution in [1.29, 1.82) is 5.26 Å². The Hall–Kier alpha value is -1.83. The number of amides is 1. The zero-order valence-corrected chi connectivity index (χ0v) is 14.1. The van der Waals surface area contributed by atoms with Crippen LogP contribution in [0.15, 0.2) is 42.0 Å². The number of nitrogens with zero attached hydrogens (tertiary/aromatic N) is 1. The first-order valence-electron chi connectivity index (χ1n) is 7.74. The highest BCUT2D eigenvalue weighted by atomic mass is 35.5. The van der Waals surface area contributed by atoms with Crippen LogP contribution in [0.1, 0.15) is 38.3 Å². The van der Waals surface area contributed by atoms with Crippen molar-refractivity contribution in [2.24, 2.45) is 0 Å². The number of rotatable bonds is 5. The quantitative estimate of drug-likeness (QED) is 0.663. The van der Waals surface area contributed by atoms with Gasteiger partial charge in [-0.2, -0.15) is 5.26 Å². The van der Waals surface area contributed by atoms with E-state index in [-0.39, 0.29) is 11.9 Å². The van der Waals surface area contributed by atoms with E-state index >= 15 is 0 Å². The molecule has 0 unspecified atom stereocenters. The Bertz CT molecular complexity index is 624. The number of carbonyl (C=O) groups is 1. The molecule has 0 saturated carbocycles. The van der Waals surface area contributed by atoms with Gasteiger partial charge in [0, 0.05) is 13.5 Å². The maximum absolute atomic E-state index is 11.6. The van der Waals surface area contributed by atoms with Crippen molar-refractivity contribution in [2.75, 3.05) is 6.61 Å². The molecule has 0 radical (unpaired) electrons. The molecule has 122 valence electrons. The van der Waals surface area contributed by atoms with Gasteiger partial charge in [0.05, 0.1) is 12.1 Å². The summed E-state index contributed by atoms with van der Waals surface area (Å²) in [5.41, 5.74) is 2.03. The first kappa shape index (κ1) is 17.5. The van der Waals surface area contributed by atoms with E-state index in [9.17, 15) is 10.1 Å². The molecule has 0 heterocycles. The van der Waals surface area contributed by atoms with Crippen molar-refractivity contribution in [2.45, 2.75) is 43.7 Å². The van der Waals surface area contributed by atoms with Crippen molar-refractivity contribution in [3.8, 4) is 6.07 Å². The Morgan fingerprint density at radius 3 is 2.78 bits per heavy atom. The number of hydrogen-bond acceptors (Lipinski definition) is 3. The van der Waals surface area contributed by atoms with Crippen LogP contribution < -0.4 is 5.32 Å². The van der Waals surface area contributed by atoms with Gasteiger partial charge in [0.2, 0.25) is 5.91 Å². The third kappa shape index (κ3) is 4.13. The summed E-state index contributed by atoms with van der Waals surface area (Å²) in [4.78, 5) is 10.6. The average molecular weight is 333 g/mol. The molecule has 5 heteroatoms. The second-order valence-corrected chi connectivity index (χ2v) is 6.31. The average Bonchev–Trinajstić information content (AvgIpc) is 2.56. The molecule has 1 amide bonds. The highest BCUT2D eigenvalue weighted by Crippen LogP contribution is 2.39. The van der Waals surface area contributed by atoms with Crippen LogP contribution in [0.4, 0.5) is 0 Å². The smallest absolute Gasteiger partial charge is 0.217 e. The topological polar surface area (TPSA) is 62.1 Å². The Kier molecular flexibility index (Phi) is 5.81. The van der Waals surface area contributed by atoms with E-state index in [4.69, 9.17) is 16.3 Å². The lowest BCUT2D eigenvalue weighted by Crippen LogP contribution is -2.41. The molecule has 0 saturated heterocycles. The summed E-state index contributed by atoms with van der Waals surface area (Å²) in [5, 5.41) is 12.4. The summed E-state index contributed by atoms with van der Waals surface area (Å²) in [6.45, 7) is 3.85. The van der Waals surface area contributed by atoms with Crippen molar-refractivity contribution in [1.82, 2.24) is 5.32 Å². The largest absolute Gasteiger partial charge is 0.371 e. The van der Waals surface area contributed by atoms with Gasteiger partial charge in [-0.25, -0.2) is 0 Å². The summed E-state index contributed by atoms with van der Waals surface area (Å²) < 4.78 is 5.67. The van der Waals surface area contributed by atoms with Crippen LogP contribution in [0.3, 0.4) is 0 Å². The zero-order valence-electron chi connectivity index (χ0n) is 13.4. The van der Waals surface area contributed by atoms with Gasteiger partial charge in [-0.1, -0.05) is 48.0 Å². The predicted octanol–water partition coefficient (Wildman–Crippen LogP) is 3.49. The third-order valence-electron chi connectivity index (χ3n) is 3.98. The van der Waals surface area contributed by atoms with E-state index in [1.807, 2.05) is 43.3 Å². The van der Waals surface area contributed by atoms with Crippen molar-refractivity contribution in [3.63, 3.8) is 0 Å². The van der Waals surface area contributed by atoms with Crippen LogP contribution in [0, 0.1) is 11.3 Å². The second-order valence-electron chi connectivity index (χ2n) is 5.64. The second kappa shape index (κ2) is 7.63. The molecule has 1 aliphatic rings. The van der Waals surface area contributed by atoms with Crippen LogP contribution in [0.25, 0.3) is 0 Å². The summed E-state index contributed by atoms with van der Waals surface area (Å²) in [7, 11) is 0. The summed E-state index contributed by atoms with van der Waals surface area (Å²) in [5.74, 6) is -0.101. The minimum absolute atomic E-state index is 0.101. The standard InChI is InChI=1S/C18H21ClN2O2/c1-3-23-16-11-15(9-10-18(16,19)12-20)17(21-13(2)22)14-7-5-4-6-8-14/h4-8,11,16-17H,3,9-10H2,1-2H3,(H,21,22)/t16-,17+,18+/m1/s1. The molecular weight excluding hydrogens is 312 g/mol. The van der Waals surface area contributed by atoms with E-state index in [1.54, 1.807) is 0 Å². The molecular formula is C18H21ClN2O2. The van der Waals surface area contributed by atoms with Crippen molar-refractivity contribution >= 4 is 17.5 Å². The Balaban J connectivity index is 2.37. The first-order chi connectivity index (χ1) is 11.0. The molecule has 0 aromatic heterocycles. The number of alkyl halides is 1. The van der Waals surface area contributed by atoms with Crippen molar-refractivity contribution in [3.05, 3.63) is 47.5 Å². The van der Waals surface area contributed by atoms with E-state index in [2.05, 4.69) is 11.4 Å². The highest BCUT2D eigenvalue weighted by molar-refractivity contribution is 6.26. The lowest BCUT2D eigenvalue weighted by Gasteiger charge is -2.35. The van der Waals surface area contributed by atoms with Gasteiger partial charge in [0.1, 0.15) is 6.10 Å². The number of nitriles is 1. The highest BCUT2D eigenvalue weighted by Gasteiger charge is 2.41. The van der Waals surface area contributed by atoms with Crippen LogP contribution in [-0.2, 0) is 9.53 Å². The Labute approximate surface area is 142 Å². The van der Waals surface area contributed by atoms with Crippen LogP contribution in [0.2, 0.25) is 0 Å². The van der Waals surface area contributed by atoms with E-state index < -0.39 is 11.0 Å². The summed E-state index contributed by atoms with van der Waals surface area (Å²) in [6, 6.07) is 11.7. The van der Waals surface area contributed by atoms with Crippen LogP contribution >= 0.6 is 11.6 Å². The summed E-state index contributed by atoms with van der Waals surface area (Å²) in [6.07, 6.45) is 2.55. The molecule has 3 atom stereocenters. The zero-order chi connectivity index (χ0) is 16.9. The lowest BCUT2D eigenvalue weighted by atomic mass is 9.82. The molecule has 2 rings (SSSR count).